The number of hydrogen-bond donors (Lipinski definition) is 1. The Morgan fingerprint density at radius 2 is 1.46 bits per heavy atom. The Balaban J connectivity index is 1.26. The molecule has 5 nitrogen and oxygen atoms in total. The Labute approximate surface area is 211 Å². The fourth-order valence-electron chi connectivity index (χ4n) is 3.11. The molecule has 0 unspecified atom stereocenters. The Morgan fingerprint density at radius 1 is 0.829 bits per heavy atom. The molecule has 0 saturated carbocycles. The number of hydrazone groups is 1. The van der Waals surface area contributed by atoms with E-state index in [1.165, 1.54) is 12.1 Å². The topological polar surface area (TPSA) is 59.9 Å². The predicted molar refractivity (Wildman–Crippen MR) is 137 cm³/mol. The van der Waals surface area contributed by atoms with Crippen molar-refractivity contribution in [1.29, 1.82) is 0 Å². The van der Waals surface area contributed by atoms with E-state index in [1.807, 2.05) is 42.5 Å². The molecule has 0 saturated heterocycles. The first-order valence-corrected chi connectivity index (χ1v) is 11.6. The van der Waals surface area contributed by atoms with E-state index >= 15 is 0 Å². The fraction of sp³-hybridized carbons (Fsp3) is 0.0714. The Morgan fingerprint density at radius 3 is 2.14 bits per heavy atom. The molecule has 0 heterocycles. The summed E-state index contributed by atoms with van der Waals surface area (Å²) in [6.45, 7) is 0.760. The predicted octanol–water partition coefficient (Wildman–Crippen LogP) is 6.51. The number of ether oxygens (including phenoxy) is 2. The molecule has 35 heavy (non-hydrogen) atoms. The summed E-state index contributed by atoms with van der Waals surface area (Å²) in [4.78, 5) is 12.4. The van der Waals surface area contributed by atoms with Crippen molar-refractivity contribution in [2.75, 3.05) is 0 Å². The molecule has 1 amide bonds. The molecule has 4 aromatic rings. The second-order valence-corrected chi connectivity index (χ2v) is 8.54. The van der Waals surface area contributed by atoms with Crippen molar-refractivity contribution in [1.82, 2.24) is 5.43 Å². The number of carbonyl (C=O) groups is 1. The van der Waals surface area contributed by atoms with Gasteiger partial charge in [0.2, 0.25) is 0 Å². The van der Waals surface area contributed by atoms with Gasteiger partial charge in [-0.2, -0.15) is 5.10 Å². The minimum Gasteiger partial charge on any atom is -0.489 e. The van der Waals surface area contributed by atoms with Crippen molar-refractivity contribution < 1.29 is 18.7 Å². The lowest BCUT2D eigenvalue weighted by Gasteiger charge is -2.07. The second kappa shape index (κ2) is 11.9. The summed E-state index contributed by atoms with van der Waals surface area (Å²) in [5.74, 6) is 0.702. The van der Waals surface area contributed by atoms with Crippen LogP contribution < -0.4 is 14.9 Å². The minimum absolute atomic E-state index is 0.282. The van der Waals surface area contributed by atoms with E-state index in [1.54, 1.807) is 48.7 Å². The third-order valence-corrected chi connectivity index (χ3v) is 5.52. The highest BCUT2D eigenvalue weighted by Gasteiger charge is 2.05. The van der Waals surface area contributed by atoms with Crippen LogP contribution >= 0.6 is 15.9 Å². The molecule has 1 N–H and O–H groups in total. The number of carbonyl (C=O) groups excluding carboxylic acids is 1. The molecule has 0 radical (unpaired) electrons. The molecule has 4 aromatic carbocycles. The van der Waals surface area contributed by atoms with Crippen molar-refractivity contribution in [3.8, 4) is 11.5 Å². The highest BCUT2D eigenvalue weighted by atomic mass is 79.9. The van der Waals surface area contributed by atoms with Gasteiger partial charge < -0.3 is 9.47 Å². The number of halogens is 2. The molecule has 0 aliphatic heterocycles. The van der Waals surface area contributed by atoms with Gasteiger partial charge >= 0.3 is 0 Å². The lowest BCUT2D eigenvalue weighted by atomic mass is 10.2. The van der Waals surface area contributed by atoms with Crippen molar-refractivity contribution in [2.45, 2.75) is 13.2 Å². The molecule has 0 atom stereocenters. The van der Waals surface area contributed by atoms with Crippen LogP contribution in [0.4, 0.5) is 4.39 Å². The normalized spacial score (nSPS) is 10.8. The van der Waals surface area contributed by atoms with E-state index in [4.69, 9.17) is 9.47 Å². The maximum Gasteiger partial charge on any atom is 0.271 e. The van der Waals surface area contributed by atoms with Gasteiger partial charge in [0.05, 0.1) is 6.21 Å². The number of benzene rings is 4. The standard InChI is InChI=1S/C28H22BrFN2O3/c29-24-10-4-20(5-11-24)18-34-26-14-8-23(9-15-26)28(33)32-31-17-22-2-1-3-27(16-22)35-19-21-6-12-25(30)13-7-21/h1-17H,18-19H2,(H,32,33)/b31-17-. The van der Waals surface area contributed by atoms with Crippen LogP contribution in [0.5, 0.6) is 11.5 Å². The number of hydrogen-bond acceptors (Lipinski definition) is 4. The number of rotatable bonds is 9. The van der Waals surface area contributed by atoms with Crippen LogP contribution in [0.1, 0.15) is 27.0 Å². The van der Waals surface area contributed by atoms with Crippen LogP contribution in [-0.2, 0) is 13.2 Å². The molecule has 176 valence electrons. The maximum absolute atomic E-state index is 13.0. The van der Waals surface area contributed by atoms with E-state index in [2.05, 4.69) is 26.5 Å². The first kappa shape index (κ1) is 24.2. The lowest BCUT2D eigenvalue weighted by molar-refractivity contribution is 0.0955. The van der Waals surface area contributed by atoms with E-state index in [9.17, 15) is 9.18 Å². The molecule has 0 aliphatic rings. The van der Waals surface area contributed by atoms with Crippen molar-refractivity contribution in [3.05, 3.63) is 130 Å². The van der Waals surface area contributed by atoms with Gasteiger partial charge in [0.15, 0.2) is 0 Å². The molecule has 4 rings (SSSR count). The Kier molecular flexibility index (Phi) is 8.25. The number of nitrogens with zero attached hydrogens (tertiary/aromatic N) is 1. The van der Waals surface area contributed by atoms with E-state index in [0.717, 1.165) is 21.2 Å². The highest BCUT2D eigenvalue weighted by molar-refractivity contribution is 9.10. The summed E-state index contributed by atoms with van der Waals surface area (Å²) in [6.07, 6.45) is 1.54. The van der Waals surface area contributed by atoms with Gasteiger partial charge in [-0.3, -0.25) is 4.79 Å². The van der Waals surface area contributed by atoms with Gasteiger partial charge in [-0.1, -0.05) is 52.3 Å². The fourth-order valence-corrected chi connectivity index (χ4v) is 3.38. The van der Waals surface area contributed by atoms with Crippen molar-refractivity contribution in [3.63, 3.8) is 0 Å². The zero-order valence-corrected chi connectivity index (χ0v) is 20.2. The molecule has 0 aliphatic carbocycles. The zero-order valence-electron chi connectivity index (χ0n) is 18.7. The Bertz CT molecular complexity index is 1290. The summed E-state index contributed by atoms with van der Waals surface area (Å²) in [7, 11) is 0. The minimum atomic E-state index is -0.329. The van der Waals surface area contributed by atoms with Crippen molar-refractivity contribution in [2.24, 2.45) is 5.10 Å². The average molecular weight is 533 g/mol. The number of nitrogens with one attached hydrogen (secondary N) is 1. The summed E-state index contributed by atoms with van der Waals surface area (Å²) in [6, 6.07) is 28.2. The van der Waals surface area contributed by atoms with Gasteiger partial charge in [0, 0.05) is 10.0 Å². The van der Waals surface area contributed by atoms with Crippen LogP contribution in [0.2, 0.25) is 0 Å². The first-order chi connectivity index (χ1) is 17.0. The van der Waals surface area contributed by atoms with Crippen molar-refractivity contribution >= 4 is 28.1 Å². The molecular weight excluding hydrogens is 511 g/mol. The zero-order chi connectivity index (χ0) is 24.5. The van der Waals surface area contributed by atoms with Gasteiger partial charge in [0.1, 0.15) is 30.5 Å². The summed E-state index contributed by atoms with van der Waals surface area (Å²) < 4.78 is 25.5. The molecule has 0 spiro atoms. The summed E-state index contributed by atoms with van der Waals surface area (Å²) >= 11 is 3.41. The summed E-state index contributed by atoms with van der Waals surface area (Å²) in [5.41, 5.74) is 5.66. The van der Waals surface area contributed by atoms with Gasteiger partial charge in [-0.25, -0.2) is 9.82 Å². The van der Waals surface area contributed by atoms with Gasteiger partial charge in [-0.05, 0) is 77.4 Å². The SMILES string of the molecule is O=C(N/N=C\c1cccc(OCc2ccc(F)cc2)c1)c1ccc(OCc2ccc(Br)cc2)cc1. The molecule has 0 fully saturated rings. The van der Waals surface area contributed by atoms with Crippen LogP contribution in [0.15, 0.2) is 107 Å². The lowest BCUT2D eigenvalue weighted by Crippen LogP contribution is -2.17. The van der Waals surface area contributed by atoms with E-state index in [-0.39, 0.29) is 11.7 Å². The van der Waals surface area contributed by atoms with E-state index < -0.39 is 0 Å². The highest BCUT2D eigenvalue weighted by Crippen LogP contribution is 2.17. The molecule has 0 bridgehead atoms. The molecular formula is C28H22BrFN2O3. The third kappa shape index (κ3) is 7.52. The first-order valence-electron chi connectivity index (χ1n) is 10.8. The van der Waals surface area contributed by atoms with Gasteiger partial charge in [0.25, 0.3) is 5.91 Å². The quantitative estimate of drug-likeness (QED) is 0.197. The summed E-state index contributed by atoms with van der Waals surface area (Å²) in [5, 5.41) is 4.04. The van der Waals surface area contributed by atoms with Crippen LogP contribution in [0, 0.1) is 5.82 Å². The second-order valence-electron chi connectivity index (χ2n) is 7.63. The third-order valence-electron chi connectivity index (χ3n) is 4.99. The smallest absolute Gasteiger partial charge is 0.271 e. The number of amides is 1. The molecule has 0 aromatic heterocycles. The van der Waals surface area contributed by atoms with Crippen LogP contribution in [0.3, 0.4) is 0 Å². The van der Waals surface area contributed by atoms with E-state index in [0.29, 0.717) is 30.3 Å². The van der Waals surface area contributed by atoms with Crippen LogP contribution in [-0.4, -0.2) is 12.1 Å². The van der Waals surface area contributed by atoms with Gasteiger partial charge in [-0.15, -0.1) is 0 Å². The maximum atomic E-state index is 13.0. The van der Waals surface area contributed by atoms with Crippen LogP contribution in [0.25, 0.3) is 0 Å². The molecule has 7 heteroatoms. The average Bonchev–Trinajstić information content (AvgIpc) is 2.88. The largest absolute Gasteiger partial charge is 0.489 e. The monoisotopic (exact) mass is 532 g/mol. The Hall–Kier alpha value is -3.97.